The molecular weight excluding hydrogens is 346 g/mol. The minimum atomic E-state index is 0.453. The monoisotopic (exact) mass is 367 g/mol. The zero-order valence-electron chi connectivity index (χ0n) is 15.6. The van der Waals surface area contributed by atoms with E-state index < -0.39 is 0 Å². The number of rotatable bonds is 6. The van der Waals surface area contributed by atoms with Crippen molar-refractivity contribution in [3.05, 3.63) is 95.9 Å². The van der Waals surface area contributed by atoms with Crippen LogP contribution in [0, 0.1) is 0 Å². The Bertz CT molecular complexity index is 1150. The van der Waals surface area contributed by atoms with Crippen LogP contribution in [0.5, 0.6) is 0 Å². The van der Waals surface area contributed by atoms with E-state index in [1.54, 1.807) is 0 Å². The molecule has 1 aromatic heterocycles. The summed E-state index contributed by atoms with van der Waals surface area (Å²) < 4.78 is 7.94. The van der Waals surface area contributed by atoms with E-state index in [1.807, 2.05) is 10.9 Å². The van der Waals surface area contributed by atoms with E-state index >= 15 is 0 Å². The fraction of sp³-hybridized carbons (Fsp3) is 0.167. The van der Waals surface area contributed by atoms with Gasteiger partial charge in [0.1, 0.15) is 5.69 Å². The van der Waals surface area contributed by atoms with Gasteiger partial charge in [-0.1, -0.05) is 72.0 Å². The standard InChI is InChI=1S/C24H21N3O/c1-2-8-18(7-1)14-27-15-21(25-26-27)16-28-17-24-22-11-5-3-9-19(22)13-20-10-4-6-12-23(20)24/h1-7,9-13,15H,8,14,16-17H2. The van der Waals surface area contributed by atoms with E-state index in [-0.39, 0.29) is 0 Å². The van der Waals surface area contributed by atoms with E-state index in [9.17, 15) is 0 Å². The van der Waals surface area contributed by atoms with E-state index in [2.05, 4.69) is 83.1 Å². The van der Waals surface area contributed by atoms with Crippen molar-refractivity contribution in [3.8, 4) is 0 Å². The van der Waals surface area contributed by atoms with Gasteiger partial charge < -0.3 is 4.74 Å². The van der Waals surface area contributed by atoms with Crippen molar-refractivity contribution in [2.24, 2.45) is 0 Å². The molecule has 138 valence electrons. The van der Waals surface area contributed by atoms with Crippen LogP contribution in [0.25, 0.3) is 21.5 Å². The minimum Gasteiger partial charge on any atom is -0.370 e. The molecule has 0 saturated carbocycles. The van der Waals surface area contributed by atoms with Gasteiger partial charge in [0.2, 0.25) is 0 Å². The van der Waals surface area contributed by atoms with E-state index in [1.165, 1.54) is 32.7 Å². The van der Waals surface area contributed by atoms with Crippen molar-refractivity contribution in [1.82, 2.24) is 15.0 Å². The van der Waals surface area contributed by atoms with Gasteiger partial charge >= 0.3 is 0 Å². The van der Waals surface area contributed by atoms with Gasteiger partial charge in [-0.3, -0.25) is 0 Å². The second kappa shape index (κ2) is 7.41. The zero-order chi connectivity index (χ0) is 18.8. The third kappa shape index (κ3) is 3.35. The maximum atomic E-state index is 6.06. The Morgan fingerprint density at radius 1 is 0.929 bits per heavy atom. The number of nitrogens with zero attached hydrogens (tertiary/aromatic N) is 3. The Morgan fingerprint density at radius 3 is 2.39 bits per heavy atom. The quantitative estimate of drug-likeness (QED) is 0.440. The first-order valence-corrected chi connectivity index (χ1v) is 9.57. The van der Waals surface area contributed by atoms with Gasteiger partial charge in [0.25, 0.3) is 0 Å². The first kappa shape index (κ1) is 16.9. The molecule has 0 N–H and O–H groups in total. The van der Waals surface area contributed by atoms with Gasteiger partial charge in [-0.05, 0) is 45.2 Å². The fourth-order valence-corrected chi connectivity index (χ4v) is 3.82. The first-order valence-electron chi connectivity index (χ1n) is 9.57. The molecule has 4 nitrogen and oxygen atoms in total. The maximum Gasteiger partial charge on any atom is 0.108 e. The molecule has 1 aliphatic rings. The highest BCUT2D eigenvalue weighted by atomic mass is 16.5. The highest BCUT2D eigenvalue weighted by molar-refractivity contribution is 6.02. The summed E-state index contributed by atoms with van der Waals surface area (Å²) in [6.45, 7) is 1.78. The third-order valence-electron chi connectivity index (χ3n) is 5.18. The van der Waals surface area contributed by atoms with Gasteiger partial charge in [0, 0.05) is 0 Å². The molecule has 0 fully saturated rings. The summed E-state index contributed by atoms with van der Waals surface area (Å²) >= 11 is 0. The van der Waals surface area contributed by atoms with Crippen LogP contribution in [-0.2, 0) is 24.5 Å². The molecule has 0 bridgehead atoms. The Labute approximate surface area is 163 Å². The van der Waals surface area contributed by atoms with Crippen LogP contribution in [0.1, 0.15) is 17.7 Å². The smallest absolute Gasteiger partial charge is 0.108 e. The summed E-state index contributed by atoms with van der Waals surface area (Å²) in [7, 11) is 0. The highest BCUT2D eigenvalue weighted by Gasteiger charge is 2.09. The number of aromatic nitrogens is 3. The average Bonchev–Trinajstić information content (AvgIpc) is 3.40. The molecule has 3 aromatic carbocycles. The van der Waals surface area contributed by atoms with Crippen LogP contribution in [0.4, 0.5) is 0 Å². The average molecular weight is 367 g/mol. The summed E-state index contributed by atoms with van der Waals surface area (Å²) in [5.74, 6) is 0. The van der Waals surface area contributed by atoms with Gasteiger partial charge in [-0.15, -0.1) is 5.10 Å². The number of hydrogen-bond donors (Lipinski definition) is 0. The van der Waals surface area contributed by atoms with Crippen LogP contribution in [0.15, 0.2) is 84.6 Å². The van der Waals surface area contributed by atoms with E-state index in [0.29, 0.717) is 13.2 Å². The molecule has 1 aliphatic carbocycles. The Balaban J connectivity index is 1.34. The molecule has 0 amide bonds. The summed E-state index contributed by atoms with van der Waals surface area (Å²) in [4.78, 5) is 0. The van der Waals surface area contributed by atoms with Crippen molar-refractivity contribution in [3.63, 3.8) is 0 Å². The second-order valence-corrected chi connectivity index (χ2v) is 7.15. The molecule has 0 spiro atoms. The van der Waals surface area contributed by atoms with Crippen LogP contribution in [0.2, 0.25) is 0 Å². The molecule has 0 unspecified atom stereocenters. The molecule has 5 rings (SSSR count). The lowest BCUT2D eigenvalue weighted by Crippen LogP contribution is -2.00. The van der Waals surface area contributed by atoms with E-state index in [0.717, 1.165) is 18.7 Å². The topological polar surface area (TPSA) is 39.9 Å². The predicted octanol–water partition coefficient (Wildman–Crippen LogP) is 5.19. The van der Waals surface area contributed by atoms with Crippen molar-refractivity contribution in [2.45, 2.75) is 26.2 Å². The highest BCUT2D eigenvalue weighted by Crippen LogP contribution is 2.29. The Morgan fingerprint density at radius 2 is 1.68 bits per heavy atom. The van der Waals surface area contributed by atoms with Crippen LogP contribution in [-0.4, -0.2) is 15.0 Å². The summed E-state index contributed by atoms with van der Waals surface area (Å²) in [5.41, 5.74) is 3.43. The van der Waals surface area contributed by atoms with Gasteiger partial charge in [0.15, 0.2) is 0 Å². The van der Waals surface area contributed by atoms with Crippen LogP contribution >= 0.6 is 0 Å². The first-order chi connectivity index (χ1) is 13.9. The SMILES string of the molecule is C1=CCC(Cn2cc(COCc3c4ccccc4cc4ccccc34)nn2)=C1. The van der Waals surface area contributed by atoms with Gasteiger partial charge in [0.05, 0.1) is 26.0 Å². The molecule has 0 atom stereocenters. The lowest BCUT2D eigenvalue weighted by molar-refractivity contribution is 0.106. The van der Waals surface area contributed by atoms with Crippen molar-refractivity contribution in [1.29, 1.82) is 0 Å². The Hall–Kier alpha value is -3.24. The number of hydrogen-bond acceptors (Lipinski definition) is 3. The zero-order valence-corrected chi connectivity index (χ0v) is 15.6. The number of allylic oxidation sites excluding steroid dienone is 4. The number of ether oxygens (including phenoxy) is 1. The summed E-state index contributed by atoms with van der Waals surface area (Å²) in [6, 6.07) is 19.2. The molecule has 4 aromatic rings. The third-order valence-corrected chi connectivity index (χ3v) is 5.18. The lowest BCUT2D eigenvalue weighted by Gasteiger charge is -2.11. The summed E-state index contributed by atoms with van der Waals surface area (Å²) in [6.07, 6.45) is 9.36. The number of fused-ring (bicyclic) bond motifs is 2. The normalized spacial score (nSPS) is 13.5. The molecule has 0 radical (unpaired) electrons. The molecule has 0 aliphatic heterocycles. The lowest BCUT2D eigenvalue weighted by atomic mass is 9.97. The number of benzene rings is 3. The van der Waals surface area contributed by atoms with Gasteiger partial charge in [-0.2, -0.15) is 0 Å². The van der Waals surface area contributed by atoms with E-state index in [4.69, 9.17) is 4.74 Å². The maximum absolute atomic E-state index is 6.06. The molecule has 28 heavy (non-hydrogen) atoms. The molecular formula is C24H21N3O. The summed E-state index contributed by atoms with van der Waals surface area (Å²) in [5, 5.41) is 13.4. The van der Waals surface area contributed by atoms with Gasteiger partial charge in [-0.25, -0.2) is 4.68 Å². The largest absolute Gasteiger partial charge is 0.370 e. The van der Waals surface area contributed by atoms with Crippen LogP contribution < -0.4 is 0 Å². The molecule has 1 heterocycles. The molecule has 4 heteroatoms. The van der Waals surface area contributed by atoms with Crippen molar-refractivity contribution >= 4 is 21.5 Å². The van der Waals surface area contributed by atoms with Crippen molar-refractivity contribution < 1.29 is 4.74 Å². The molecule has 0 saturated heterocycles. The van der Waals surface area contributed by atoms with Crippen LogP contribution in [0.3, 0.4) is 0 Å². The second-order valence-electron chi connectivity index (χ2n) is 7.15. The Kier molecular flexibility index (Phi) is 4.47. The predicted molar refractivity (Wildman–Crippen MR) is 112 cm³/mol. The van der Waals surface area contributed by atoms with Crippen molar-refractivity contribution in [2.75, 3.05) is 0 Å². The fourth-order valence-electron chi connectivity index (χ4n) is 3.82. The minimum absolute atomic E-state index is 0.453.